The van der Waals surface area contributed by atoms with Crippen LogP contribution in [-0.2, 0) is 0 Å². The molecule has 0 unspecified atom stereocenters. The van der Waals surface area contributed by atoms with Crippen molar-refractivity contribution in [1.82, 2.24) is 0 Å². The quantitative estimate of drug-likeness (QED) is 0.390. The van der Waals surface area contributed by atoms with Gasteiger partial charge in [-0.25, -0.2) is 0 Å². The van der Waals surface area contributed by atoms with Crippen LogP contribution in [0.25, 0.3) is 0 Å². The molecule has 0 aliphatic heterocycles. The predicted octanol–water partition coefficient (Wildman–Crippen LogP) is 4.96. The molecule has 1 aromatic rings. The van der Waals surface area contributed by atoms with Gasteiger partial charge in [-0.2, -0.15) is 0 Å². The highest BCUT2D eigenvalue weighted by atomic mass is 15.0. The molecule has 1 aromatic carbocycles. The van der Waals surface area contributed by atoms with Crippen molar-refractivity contribution >= 4 is 11.4 Å². The molecule has 102 valence electrons. The van der Waals surface area contributed by atoms with Crippen molar-refractivity contribution in [3.8, 4) is 0 Å². The highest BCUT2D eigenvalue weighted by Crippen LogP contribution is 2.22. The summed E-state index contributed by atoms with van der Waals surface area (Å²) in [6, 6.07) is 8.21. The van der Waals surface area contributed by atoms with Gasteiger partial charge >= 0.3 is 0 Å². The molecule has 0 amide bonds. The van der Waals surface area contributed by atoms with Crippen molar-refractivity contribution in [2.24, 2.45) is 0 Å². The standard InChI is InChI=1S/C17H24N2/c1-4-7-8-9-12-15(5-2)19-17-14-11-10-13-16(17)18-6-3/h4-5,7,10-14,18-19H,2,6,8-9H2,1,3H3/b7-4-,15-12-. The SMILES string of the molecule is C=C/C(=C/CC/C=C\C)Nc1ccccc1NCC. The number of unbranched alkanes of at least 4 members (excludes halogenated alkanes) is 1. The van der Waals surface area contributed by atoms with Crippen LogP contribution in [0.2, 0.25) is 0 Å². The molecule has 2 N–H and O–H groups in total. The van der Waals surface area contributed by atoms with Crippen molar-refractivity contribution in [1.29, 1.82) is 0 Å². The molecule has 0 atom stereocenters. The van der Waals surface area contributed by atoms with E-state index in [9.17, 15) is 0 Å². The second kappa shape index (κ2) is 9.03. The summed E-state index contributed by atoms with van der Waals surface area (Å²) < 4.78 is 0. The Balaban J connectivity index is 2.72. The zero-order chi connectivity index (χ0) is 13.9. The Hall–Kier alpha value is -1.96. The van der Waals surface area contributed by atoms with Crippen molar-refractivity contribution in [2.75, 3.05) is 17.2 Å². The third kappa shape index (κ3) is 5.47. The first-order valence-electron chi connectivity index (χ1n) is 6.85. The fraction of sp³-hybridized carbons (Fsp3) is 0.294. The highest BCUT2D eigenvalue weighted by molar-refractivity contribution is 5.71. The molecule has 1 rings (SSSR count). The summed E-state index contributed by atoms with van der Waals surface area (Å²) >= 11 is 0. The molecular formula is C17H24N2. The Morgan fingerprint density at radius 3 is 2.58 bits per heavy atom. The van der Waals surface area contributed by atoms with E-state index in [-0.39, 0.29) is 0 Å². The zero-order valence-electron chi connectivity index (χ0n) is 11.9. The molecule has 0 aliphatic rings. The lowest BCUT2D eigenvalue weighted by Gasteiger charge is -2.13. The van der Waals surface area contributed by atoms with Crippen molar-refractivity contribution in [2.45, 2.75) is 26.7 Å². The minimum absolute atomic E-state index is 0.910. The molecule has 0 spiro atoms. The Morgan fingerprint density at radius 1 is 1.21 bits per heavy atom. The van der Waals surface area contributed by atoms with Gasteiger partial charge in [-0.1, -0.05) is 36.9 Å². The fourth-order valence-corrected chi connectivity index (χ4v) is 1.78. The molecule has 0 fully saturated rings. The summed E-state index contributed by atoms with van der Waals surface area (Å²) in [6.45, 7) is 8.91. The van der Waals surface area contributed by atoms with E-state index >= 15 is 0 Å². The van der Waals surface area contributed by atoms with E-state index in [1.807, 2.05) is 25.1 Å². The number of allylic oxidation sites excluding steroid dienone is 4. The molecule has 0 radical (unpaired) electrons. The summed E-state index contributed by atoms with van der Waals surface area (Å²) in [7, 11) is 0. The number of hydrogen-bond donors (Lipinski definition) is 2. The number of hydrogen-bond acceptors (Lipinski definition) is 2. The summed E-state index contributed by atoms with van der Waals surface area (Å²) in [5.41, 5.74) is 3.25. The summed E-state index contributed by atoms with van der Waals surface area (Å²) in [5, 5.41) is 6.76. The van der Waals surface area contributed by atoms with Crippen molar-refractivity contribution < 1.29 is 0 Å². The minimum Gasteiger partial charge on any atom is -0.384 e. The number of para-hydroxylation sites is 2. The molecule has 0 saturated heterocycles. The maximum Gasteiger partial charge on any atom is 0.0619 e. The van der Waals surface area contributed by atoms with Crippen molar-refractivity contribution in [3.05, 3.63) is 60.8 Å². The van der Waals surface area contributed by atoms with Crippen LogP contribution in [0.5, 0.6) is 0 Å². The van der Waals surface area contributed by atoms with E-state index in [4.69, 9.17) is 0 Å². The van der Waals surface area contributed by atoms with Gasteiger partial charge < -0.3 is 10.6 Å². The van der Waals surface area contributed by atoms with E-state index in [1.165, 1.54) is 0 Å². The first kappa shape index (κ1) is 15.1. The van der Waals surface area contributed by atoms with E-state index in [0.29, 0.717) is 0 Å². The van der Waals surface area contributed by atoms with Gasteiger partial charge in [-0.3, -0.25) is 0 Å². The van der Waals surface area contributed by atoms with Gasteiger partial charge in [0.15, 0.2) is 0 Å². The Kier molecular flexibility index (Phi) is 7.18. The highest BCUT2D eigenvalue weighted by Gasteiger charge is 2.00. The molecule has 2 nitrogen and oxygen atoms in total. The van der Waals surface area contributed by atoms with Gasteiger partial charge in [-0.05, 0) is 44.9 Å². The van der Waals surface area contributed by atoms with Crippen LogP contribution in [0.4, 0.5) is 11.4 Å². The number of benzene rings is 1. The normalized spacial score (nSPS) is 11.6. The molecular weight excluding hydrogens is 232 g/mol. The van der Waals surface area contributed by atoms with Gasteiger partial charge in [-0.15, -0.1) is 0 Å². The fourth-order valence-electron chi connectivity index (χ4n) is 1.78. The van der Waals surface area contributed by atoms with Crippen LogP contribution in [0.1, 0.15) is 26.7 Å². The minimum atomic E-state index is 0.910. The van der Waals surface area contributed by atoms with Crippen LogP contribution in [-0.4, -0.2) is 6.54 Å². The van der Waals surface area contributed by atoms with Crippen LogP contribution < -0.4 is 10.6 Å². The largest absolute Gasteiger partial charge is 0.384 e. The Bertz CT molecular complexity index is 444. The van der Waals surface area contributed by atoms with Gasteiger partial charge in [0.25, 0.3) is 0 Å². The average molecular weight is 256 g/mol. The molecule has 2 heteroatoms. The molecule has 19 heavy (non-hydrogen) atoms. The number of rotatable bonds is 8. The summed E-state index contributed by atoms with van der Waals surface area (Å²) in [5.74, 6) is 0. The van der Waals surface area contributed by atoms with E-state index in [2.05, 4.69) is 54.5 Å². The molecule has 0 bridgehead atoms. The molecule has 0 heterocycles. The van der Waals surface area contributed by atoms with Gasteiger partial charge in [0.1, 0.15) is 0 Å². The molecule has 0 saturated carbocycles. The van der Waals surface area contributed by atoms with Crippen LogP contribution in [0.15, 0.2) is 60.8 Å². The maximum absolute atomic E-state index is 3.86. The van der Waals surface area contributed by atoms with E-state index in [0.717, 1.165) is 36.5 Å². The van der Waals surface area contributed by atoms with Gasteiger partial charge in [0.2, 0.25) is 0 Å². The first-order valence-corrected chi connectivity index (χ1v) is 6.85. The van der Waals surface area contributed by atoms with Gasteiger partial charge in [0, 0.05) is 12.2 Å². The Morgan fingerprint density at radius 2 is 1.95 bits per heavy atom. The average Bonchev–Trinajstić information content (AvgIpc) is 2.44. The lowest BCUT2D eigenvalue weighted by atomic mass is 10.2. The zero-order valence-corrected chi connectivity index (χ0v) is 11.9. The lowest BCUT2D eigenvalue weighted by Crippen LogP contribution is -2.03. The smallest absolute Gasteiger partial charge is 0.0619 e. The molecule has 0 aromatic heterocycles. The van der Waals surface area contributed by atoms with Crippen LogP contribution in [0, 0.1) is 0 Å². The summed E-state index contributed by atoms with van der Waals surface area (Å²) in [4.78, 5) is 0. The second-order valence-electron chi connectivity index (χ2n) is 4.21. The lowest BCUT2D eigenvalue weighted by molar-refractivity contribution is 1.04. The molecule has 0 aliphatic carbocycles. The summed E-state index contributed by atoms with van der Waals surface area (Å²) in [6.07, 6.45) is 10.4. The first-order chi connectivity index (χ1) is 9.31. The van der Waals surface area contributed by atoms with Crippen LogP contribution >= 0.6 is 0 Å². The van der Waals surface area contributed by atoms with Gasteiger partial charge in [0.05, 0.1) is 11.4 Å². The van der Waals surface area contributed by atoms with E-state index < -0.39 is 0 Å². The Labute approximate surface area is 116 Å². The number of nitrogens with one attached hydrogen (secondary N) is 2. The third-order valence-electron chi connectivity index (χ3n) is 2.73. The van der Waals surface area contributed by atoms with Crippen molar-refractivity contribution in [3.63, 3.8) is 0 Å². The maximum atomic E-state index is 3.86. The van der Waals surface area contributed by atoms with Crippen LogP contribution in [0.3, 0.4) is 0 Å². The van der Waals surface area contributed by atoms with E-state index in [1.54, 1.807) is 0 Å². The predicted molar refractivity (Wildman–Crippen MR) is 86.6 cm³/mol. The topological polar surface area (TPSA) is 24.1 Å². The second-order valence-corrected chi connectivity index (χ2v) is 4.21. The number of anilines is 2. The third-order valence-corrected chi connectivity index (χ3v) is 2.73. The monoisotopic (exact) mass is 256 g/mol.